The number of halogens is 2. The number of carbonyl (C=O) groups excluding carboxylic acids is 1. The second kappa shape index (κ2) is 11.2. The molecule has 0 radical (unpaired) electrons. The van der Waals surface area contributed by atoms with E-state index in [2.05, 4.69) is 5.32 Å². The van der Waals surface area contributed by atoms with Crippen LogP contribution in [0.3, 0.4) is 0 Å². The van der Waals surface area contributed by atoms with Crippen LogP contribution in [0.5, 0.6) is 11.5 Å². The third-order valence-corrected chi connectivity index (χ3v) is 5.06. The standard InChI is InChI=1S/C24H17Cl2N3O5/c1-33-22-11-16(9-17(13-27)24(30)28-19-4-2-3-18(25)12-19)10-21(26)23(22)34-14-15-5-7-20(8-6-15)29(31)32/h2-12H,14H2,1H3,(H,28,30)/b17-9+. The van der Waals surface area contributed by atoms with Crippen molar-refractivity contribution < 1.29 is 19.2 Å². The number of methoxy groups -OCH3 is 1. The zero-order chi connectivity index (χ0) is 24.7. The van der Waals surface area contributed by atoms with E-state index in [9.17, 15) is 20.2 Å². The van der Waals surface area contributed by atoms with Crippen molar-refractivity contribution in [1.29, 1.82) is 5.26 Å². The fourth-order valence-electron chi connectivity index (χ4n) is 2.91. The number of benzene rings is 3. The van der Waals surface area contributed by atoms with Gasteiger partial charge in [-0.25, -0.2) is 0 Å². The number of nitrogens with one attached hydrogen (secondary N) is 1. The molecule has 3 aromatic carbocycles. The molecule has 1 N–H and O–H groups in total. The predicted octanol–water partition coefficient (Wildman–Crippen LogP) is 6.03. The van der Waals surface area contributed by atoms with Gasteiger partial charge in [0.1, 0.15) is 18.2 Å². The lowest BCUT2D eigenvalue weighted by Crippen LogP contribution is -2.13. The quantitative estimate of drug-likeness (QED) is 0.175. The highest BCUT2D eigenvalue weighted by molar-refractivity contribution is 6.32. The lowest BCUT2D eigenvalue weighted by molar-refractivity contribution is -0.384. The minimum Gasteiger partial charge on any atom is -0.493 e. The van der Waals surface area contributed by atoms with Gasteiger partial charge in [-0.05, 0) is 59.7 Å². The third-order valence-electron chi connectivity index (χ3n) is 4.54. The molecule has 0 bridgehead atoms. The Morgan fingerprint density at radius 2 is 1.91 bits per heavy atom. The summed E-state index contributed by atoms with van der Waals surface area (Å²) in [7, 11) is 1.43. The number of ether oxygens (including phenoxy) is 2. The lowest BCUT2D eigenvalue weighted by atomic mass is 10.1. The van der Waals surface area contributed by atoms with E-state index in [0.29, 0.717) is 21.8 Å². The van der Waals surface area contributed by atoms with Crippen LogP contribution in [-0.2, 0) is 11.4 Å². The molecule has 10 heteroatoms. The summed E-state index contributed by atoms with van der Waals surface area (Å²) in [4.78, 5) is 22.8. The van der Waals surface area contributed by atoms with E-state index in [-0.39, 0.29) is 34.4 Å². The van der Waals surface area contributed by atoms with Crippen molar-refractivity contribution in [3.05, 3.63) is 97.5 Å². The number of nitrogens with zero attached hydrogens (tertiary/aromatic N) is 2. The maximum Gasteiger partial charge on any atom is 0.269 e. The second-order valence-corrected chi connectivity index (χ2v) is 7.72. The highest BCUT2D eigenvalue weighted by Crippen LogP contribution is 2.37. The average Bonchev–Trinajstić information content (AvgIpc) is 2.81. The molecule has 0 saturated heterocycles. The molecule has 0 aliphatic carbocycles. The number of non-ortho nitro benzene ring substituents is 1. The third kappa shape index (κ3) is 6.25. The van der Waals surface area contributed by atoms with E-state index in [1.165, 1.54) is 31.4 Å². The number of nitro benzene ring substituents is 1. The number of amides is 1. The minimum absolute atomic E-state index is 0.0248. The summed E-state index contributed by atoms with van der Waals surface area (Å²) in [6.45, 7) is 0.0920. The van der Waals surface area contributed by atoms with Crippen LogP contribution in [0, 0.1) is 21.4 Å². The van der Waals surface area contributed by atoms with Crippen LogP contribution in [0.2, 0.25) is 10.0 Å². The largest absolute Gasteiger partial charge is 0.493 e. The molecule has 34 heavy (non-hydrogen) atoms. The Bertz CT molecular complexity index is 1300. The van der Waals surface area contributed by atoms with Gasteiger partial charge in [-0.3, -0.25) is 14.9 Å². The maximum absolute atomic E-state index is 12.5. The van der Waals surface area contributed by atoms with Gasteiger partial charge >= 0.3 is 0 Å². The first-order valence-electron chi connectivity index (χ1n) is 9.73. The summed E-state index contributed by atoms with van der Waals surface area (Å²) >= 11 is 12.3. The lowest BCUT2D eigenvalue weighted by Gasteiger charge is -2.13. The highest BCUT2D eigenvalue weighted by atomic mass is 35.5. The van der Waals surface area contributed by atoms with E-state index < -0.39 is 10.8 Å². The summed E-state index contributed by atoms with van der Waals surface area (Å²) < 4.78 is 11.1. The van der Waals surface area contributed by atoms with Crippen LogP contribution in [0.25, 0.3) is 6.08 Å². The predicted molar refractivity (Wildman–Crippen MR) is 129 cm³/mol. The van der Waals surface area contributed by atoms with Crippen molar-refractivity contribution in [3.63, 3.8) is 0 Å². The van der Waals surface area contributed by atoms with Crippen molar-refractivity contribution in [2.45, 2.75) is 6.61 Å². The zero-order valence-corrected chi connectivity index (χ0v) is 19.3. The summed E-state index contributed by atoms with van der Waals surface area (Å²) in [6.07, 6.45) is 1.37. The van der Waals surface area contributed by atoms with Crippen molar-refractivity contribution in [1.82, 2.24) is 0 Å². The van der Waals surface area contributed by atoms with Crippen LogP contribution in [-0.4, -0.2) is 17.9 Å². The first-order valence-corrected chi connectivity index (χ1v) is 10.5. The summed E-state index contributed by atoms with van der Waals surface area (Å²) in [5.74, 6) is -0.0758. The van der Waals surface area contributed by atoms with Gasteiger partial charge in [-0.15, -0.1) is 0 Å². The van der Waals surface area contributed by atoms with Crippen molar-refractivity contribution in [2.75, 3.05) is 12.4 Å². The van der Waals surface area contributed by atoms with E-state index in [0.717, 1.165) is 0 Å². The number of hydrogen-bond acceptors (Lipinski definition) is 6. The van der Waals surface area contributed by atoms with Gasteiger partial charge in [-0.2, -0.15) is 5.26 Å². The molecule has 0 aromatic heterocycles. The number of nitriles is 1. The Balaban J connectivity index is 1.79. The molecular weight excluding hydrogens is 481 g/mol. The SMILES string of the molecule is COc1cc(/C=C(\C#N)C(=O)Nc2cccc(Cl)c2)cc(Cl)c1OCc1ccc([N+](=O)[O-])cc1. The minimum atomic E-state index is -0.613. The normalized spacial score (nSPS) is 10.8. The Kier molecular flexibility index (Phi) is 8.09. The van der Waals surface area contributed by atoms with E-state index >= 15 is 0 Å². The fraction of sp³-hybridized carbons (Fsp3) is 0.0833. The smallest absolute Gasteiger partial charge is 0.269 e. The molecule has 172 valence electrons. The number of anilines is 1. The molecule has 3 rings (SSSR count). The molecule has 0 spiro atoms. The van der Waals surface area contributed by atoms with Crippen molar-refractivity contribution >= 4 is 46.6 Å². The Morgan fingerprint density at radius 1 is 1.18 bits per heavy atom. The van der Waals surface area contributed by atoms with E-state index in [1.807, 2.05) is 6.07 Å². The van der Waals surface area contributed by atoms with E-state index in [1.54, 1.807) is 42.5 Å². The molecule has 0 heterocycles. The molecule has 0 aliphatic rings. The summed E-state index contributed by atoms with van der Waals surface area (Å²) in [5, 5.41) is 23.5. The molecule has 0 aliphatic heterocycles. The van der Waals surface area contributed by atoms with Crippen LogP contribution < -0.4 is 14.8 Å². The van der Waals surface area contributed by atoms with Crippen LogP contribution in [0.1, 0.15) is 11.1 Å². The Morgan fingerprint density at radius 3 is 2.53 bits per heavy atom. The number of hydrogen-bond donors (Lipinski definition) is 1. The van der Waals surface area contributed by atoms with E-state index in [4.69, 9.17) is 32.7 Å². The first-order chi connectivity index (χ1) is 16.3. The average molecular weight is 498 g/mol. The van der Waals surface area contributed by atoms with Gasteiger partial charge in [0.15, 0.2) is 11.5 Å². The fourth-order valence-corrected chi connectivity index (χ4v) is 3.38. The topological polar surface area (TPSA) is 114 Å². The molecule has 3 aromatic rings. The highest BCUT2D eigenvalue weighted by Gasteiger charge is 2.15. The molecule has 8 nitrogen and oxygen atoms in total. The summed E-state index contributed by atoms with van der Waals surface area (Å²) in [5.41, 5.74) is 1.41. The van der Waals surface area contributed by atoms with Crippen molar-refractivity contribution in [3.8, 4) is 17.6 Å². The Labute approximate surface area is 205 Å². The van der Waals surface area contributed by atoms with Gasteiger partial charge in [0, 0.05) is 22.8 Å². The molecule has 0 saturated carbocycles. The summed E-state index contributed by atoms with van der Waals surface area (Å²) in [6, 6.07) is 17.4. The Hall–Kier alpha value is -4.06. The van der Waals surface area contributed by atoms with Gasteiger partial charge in [0.25, 0.3) is 11.6 Å². The van der Waals surface area contributed by atoms with Crippen LogP contribution in [0.4, 0.5) is 11.4 Å². The van der Waals surface area contributed by atoms with Gasteiger partial charge in [-0.1, -0.05) is 29.3 Å². The zero-order valence-electron chi connectivity index (χ0n) is 17.7. The number of nitro groups is 1. The van der Waals surface area contributed by atoms with Crippen LogP contribution in [0.15, 0.2) is 66.2 Å². The second-order valence-electron chi connectivity index (χ2n) is 6.88. The molecule has 1 amide bonds. The molecule has 0 unspecified atom stereocenters. The first kappa shape index (κ1) is 24.6. The maximum atomic E-state index is 12.5. The molecular formula is C24H17Cl2N3O5. The van der Waals surface area contributed by atoms with Crippen molar-refractivity contribution in [2.24, 2.45) is 0 Å². The number of rotatable bonds is 8. The van der Waals surface area contributed by atoms with Gasteiger partial charge < -0.3 is 14.8 Å². The molecule has 0 atom stereocenters. The molecule has 0 fully saturated rings. The van der Waals surface area contributed by atoms with Gasteiger partial charge in [0.05, 0.1) is 17.1 Å². The number of carbonyl (C=O) groups is 1. The van der Waals surface area contributed by atoms with Gasteiger partial charge in [0.2, 0.25) is 0 Å². The van der Waals surface area contributed by atoms with Crippen LogP contribution >= 0.6 is 23.2 Å². The monoisotopic (exact) mass is 497 g/mol.